The molecule has 1 aliphatic carbocycles. The Morgan fingerprint density at radius 3 is 2.58 bits per heavy atom. The quantitative estimate of drug-likeness (QED) is 0.775. The van der Waals surface area contributed by atoms with E-state index in [1.54, 1.807) is 0 Å². The van der Waals surface area contributed by atoms with Crippen LogP contribution in [-0.2, 0) is 0 Å². The van der Waals surface area contributed by atoms with Crippen molar-refractivity contribution in [3.05, 3.63) is 35.4 Å². The summed E-state index contributed by atoms with van der Waals surface area (Å²) in [6.45, 7) is 3.29. The molecule has 102 valence electrons. The van der Waals surface area contributed by atoms with Gasteiger partial charge in [-0.05, 0) is 49.9 Å². The average Bonchev–Trinajstić information content (AvgIpc) is 2.96. The SMILES string of the molecule is CC(NCCCC1CCCC1)c1ccc(C#N)cc1. The Labute approximate surface area is 116 Å². The molecular weight excluding hydrogens is 232 g/mol. The Hall–Kier alpha value is -1.33. The van der Waals surface area contributed by atoms with Crippen molar-refractivity contribution in [1.29, 1.82) is 5.26 Å². The first-order valence-electron chi connectivity index (χ1n) is 7.53. The van der Waals surface area contributed by atoms with Crippen LogP contribution in [0, 0.1) is 17.2 Å². The molecule has 1 aromatic rings. The van der Waals surface area contributed by atoms with E-state index < -0.39 is 0 Å². The van der Waals surface area contributed by atoms with Crippen LogP contribution in [0.2, 0.25) is 0 Å². The summed E-state index contributed by atoms with van der Waals surface area (Å²) in [4.78, 5) is 0. The molecule has 0 aromatic heterocycles. The standard InChI is InChI=1S/C17H24N2/c1-14(17-10-8-16(13-18)9-11-17)19-12-4-7-15-5-2-3-6-15/h8-11,14-15,19H,2-7,12H2,1H3. The van der Waals surface area contributed by atoms with E-state index in [0.29, 0.717) is 6.04 Å². The third-order valence-corrected chi connectivity index (χ3v) is 4.25. The van der Waals surface area contributed by atoms with E-state index in [1.807, 2.05) is 24.3 Å². The van der Waals surface area contributed by atoms with Crippen LogP contribution < -0.4 is 5.32 Å². The van der Waals surface area contributed by atoms with Gasteiger partial charge in [-0.1, -0.05) is 37.8 Å². The van der Waals surface area contributed by atoms with Crippen molar-refractivity contribution in [2.24, 2.45) is 5.92 Å². The van der Waals surface area contributed by atoms with E-state index in [0.717, 1.165) is 18.0 Å². The fourth-order valence-electron chi connectivity index (χ4n) is 2.97. The van der Waals surface area contributed by atoms with E-state index in [1.165, 1.54) is 44.1 Å². The zero-order valence-corrected chi connectivity index (χ0v) is 11.9. The van der Waals surface area contributed by atoms with Crippen LogP contribution in [0.5, 0.6) is 0 Å². The molecule has 2 nitrogen and oxygen atoms in total. The first-order chi connectivity index (χ1) is 9.29. The van der Waals surface area contributed by atoms with Gasteiger partial charge in [0, 0.05) is 6.04 Å². The molecule has 0 radical (unpaired) electrons. The number of rotatable bonds is 6. The van der Waals surface area contributed by atoms with Crippen molar-refractivity contribution in [2.45, 2.75) is 51.5 Å². The minimum Gasteiger partial charge on any atom is -0.310 e. The summed E-state index contributed by atoms with van der Waals surface area (Å²) in [5, 5.41) is 12.4. The molecule has 19 heavy (non-hydrogen) atoms. The summed E-state index contributed by atoms with van der Waals surface area (Å²) < 4.78 is 0. The van der Waals surface area contributed by atoms with Crippen molar-refractivity contribution in [3.63, 3.8) is 0 Å². The van der Waals surface area contributed by atoms with E-state index in [-0.39, 0.29) is 0 Å². The van der Waals surface area contributed by atoms with Gasteiger partial charge in [-0.3, -0.25) is 0 Å². The molecule has 1 aromatic carbocycles. The van der Waals surface area contributed by atoms with Crippen LogP contribution >= 0.6 is 0 Å². The first-order valence-corrected chi connectivity index (χ1v) is 7.53. The number of benzene rings is 1. The van der Waals surface area contributed by atoms with Gasteiger partial charge in [-0.25, -0.2) is 0 Å². The van der Waals surface area contributed by atoms with Gasteiger partial charge >= 0.3 is 0 Å². The second-order valence-corrected chi connectivity index (χ2v) is 5.70. The largest absolute Gasteiger partial charge is 0.310 e. The minimum absolute atomic E-state index is 0.372. The van der Waals surface area contributed by atoms with Crippen LogP contribution in [0.4, 0.5) is 0 Å². The predicted molar refractivity (Wildman–Crippen MR) is 78.8 cm³/mol. The molecule has 1 saturated carbocycles. The van der Waals surface area contributed by atoms with Crippen molar-refractivity contribution in [1.82, 2.24) is 5.32 Å². The van der Waals surface area contributed by atoms with Gasteiger partial charge in [0.15, 0.2) is 0 Å². The normalized spacial score (nSPS) is 17.3. The van der Waals surface area contributed by atoms with Crippen LogP contribution in [0.25, 0.3) is 0 Å². The average molecular weight is 256 g/mol. The van der Waals surface area contributed by atoms with Crippen LogP contribution in [0.1, 0.15) is 62.6 Å². The van der Waals surface area contributed by atoms with Gasteiger partial charge < -0.3 is 5.32 Å². The highest BCUT2D eigenvalue weighted by molar-refractivity contribution is 5.32. The molecule has 0 amide bonds. The molecule has 2 rings (SSSR count). The zero-order valence-electron chi connectivity index (χ0n) is 11.9. The van der Waals surface area contributed by atoms with Gasteiger partial charge in [0.2, 0.25) is 0 Å². The van der Waals surface area contributed by atoms with Crippen molar-refractivity contribution >= 4 is 0 Å². The molecule has 0 heterocycles. The van der Waals surface area contributed by atoms with Crippen molar-refractivity contribution in [3.8, 4) is 6.07 Å². The molecule has 1 N–H and O–H groups in total. The molecule has 0 saturated heterocycles. The highest BCUT2D eigenvalue weighted by Gasteiger charge is 2.14. The highest BCUT2D eigenvalue weighted by Crippen LogP contribution is 2.28. The molecule has 1 aliphatic rings. The fourth-order valence-corrected chi connectivity index (χ4v) is 2.97. The van der Waals surface area contributed by atoms with Crippen LogP contribution in [-0.4, -0.2) is 6.54 Å². The van der Waals surface area contributed by atoms with Gasteiger partial charge in [-0.15, -0.1) is 0 Å². The maximum Gasteiger partial charge on any atom is 0.0991 e. The lowest BCUT2D eigenvalue weighted by atomic mass is 10.0. The Morgan fingerprint density at radius 1 is 1.26 bits per heavy atom. The number of nitrogens with one attached hydrogen (secondary N) is 1. The summed E-state index contributed by atoms with van der Waals surface area (Å²) in [7, 11) is 0. The lowest BCUT2D eigenvalue weighted by Crippen LogP contribution is -2.20. The smallest absolute Gasteiger partial charge is 0.0991 e. The Kier molecular flexibility index (Phi) is 5.42. The van der Waals surface area contributed by atoms with Gasteiger partial charge in [-0.2, -0.15) is 5.26 Å². The topological polar surface area (TPSA) is 35.8 Å². The predicted octanol–water partition coefficient (Wildman–Crippen LogP) is 4.18. The van der Waals surface area contributed by atoms with E-state index in [2.05, 4.69) is 18.3 Å². The lowest BCUT2D eigenvalue weighted by molar-refractivity contribution is 0.456. The van der Waals surface area contributed by atoms with E-state index in [9.17, 15) is 0 Å². The summed E-state index contributed by atoms with van der Waals surface area (Å²) in [5.41, 5.74) is 2.00. The Bertz CT molecular complexity index is 410. The van der Waals surface area contributed by atoms with Gasteiger partial charge in [0.05, 0.1) is 11.6 Å². The molecular formula is C17H24N2. The first kappa shape index (κ1) is 14.1. The molecule has 0 aliphatic heterocycles. The molecule has 1 fully saturated rings. The number of hydrogen-bond acceptors (Lipinski definition) is 2. The van der Waals surface area contributed by atoms with Gasteiger partial charge in [0.25, 0.3) is 0 Å². The molecule has 0 bridgehead atoms. The second-order valence-electron chi connectivity index (χ2n) is 5.70. The number of nitriles is 1. The monoisotopic (exact) mass is 256 g/mol. The second kappa shape index (κ2) is 7.31. The maximum absolute atomic E-state index is 8.78. The van der Waals surface area contributed by atoms with E-state index in [4.69, 9.17) is 5.26 Å². The lowest BCUT2D eigenvalue weighted by Gasteiger charge is -2.15. The third kappa shape index (κ3) is 4.36. The van der Waals surface area contributed by atoms with Crippen molar-refractivity contribution in [2.75, 3.05) is 6.54 Å². The zero-order chi connectivity index (χ0) is 13.5. The Morgan fingerprint density at radius 2 is 1.95 bits per heavy atom. The molecule has 1 unspecified atom stereocenters. The number of hydrogen-bond donors (Lipinski definition) is 1. The molecule has 2 heteroatoms. The molecule has 1 atom stereocenters. The minimum atomic E-state index is 0.372. The fraction of sp³-hybridized carbons (Fsp3) is 0.588. The van der Waals surface area contributed by atoms with E-state index >= 15 is 0 Å². The molecule has 0 spiro atoms. The van der Waals surface area contributed by atoms with Gasteiger partial charge in [0.1, 0.15) is 0 Å². The summed E-state index contributed by atoms with van der Waals surface area (Å²) in [5.74, 6) is 0.993. The summed E-state index contributed by atoms with van der Waals surface area (Å²) in [6.07, 6.45) is 8.45. The Balaban J connectivity index is 1.68. The van der Waals surface area contributed by atoms with Crippen LogP contribution in [0.15, 0.2) is 24.3 Å². The summed E-state index contributed by atoms with van der Waals surface area (Å²) >= 11 is 0. The van der Waals surface area contributed by atoms with Crippen molar-refractivity contribution < 1.29 is 0 Å². The van der Waals surface area contributed by atoms with Crippen LogP contribution in [0.3, 0.4) is 0 Å². The number of nitrogens with zero attached hydrogens (tertiary/aromatic N) is 1. The maximum atomic E-state index is 8.78. The third-order valence-electron chi connectivity index (χ3n) is 4.25. The summed E-state index contributed by atoms with van der Waals surface area (Å²) in [6, 6.07) is 10.4. The highest BCUT2D eigenvalue weighted by atomic mass is 14.9.